The lowest BCUT2D eigenvalue weighted by atomic mass is 9.98. The van der Waals surface area contributed by atoms with Crippen molar-refractivity contribution in [3.8, 4) is 62.1 Å². The van der Waals surface area contributed by atoms with Crippen LogP contribution in [0.4, 0.5) is 0 Å². The minimum absolute atomic E-state index is 0.621. The highest BCUT2D eigenvalue weighted by Gasteiger charge is 2.26. The quantitative estimate of drug-likeness (QED) is 0.174. The average Bonchev–Trinajstić information content (AvgIpc) is 3.86. The molecule has 0 spiro atoms. The van der Waals surface area contributed by atoms with Crippen molar-refractivity contribution in [1.29, 1.82) is 0 Å². The number of aromatic nitrogens is 4. The van der Waals surface area contributed by atoms with Gasteiger partial charge < -0.3 is 8.98 Å². The Morgan fingerprint density at radius 3 is 1.55 bits per heavy atom. The number of fused-ring (bicyclic) bond motifs is 3. The van der Waals surface area contributed by atoms with Crippen LogP contribution in [0, 0.1) is 0 Å². The van der Waals surface area contributed by atoms with E-state index in [0.717, 1.165) is 50.0 Å². The highest BCUT2D eigenvalue weighted by atomic mass is 16.3. The maximum Gasteiger partial charge on any atom is 0.164 e. The number of benzene rings is 10. The van der Waals surface area contributed by atoms with Crippen molar-refractivity contribution < 1.29 is 4.42 Å². The highest BCUT2D eigenvalue weighted by Crippen LogP contribution is 2.50. The van der Waals surface area contributed by atoms with Gasteiger partial charge in [0.15, 0.2) is 17.5 Å². The molecular formula is C57H32N4O. The van der Waals surface area contributed by atoms with Crippen LogP contribution in [0.5, 0.6) is 0 Å². The van der Waals surface area contributed by atoms with Crippen LogP contribution in [-0.4, -0.2) is 19.5 Å². The predicted octanol–water partition coefficient (Wildman–Crippen LogP) is 15.0. The molecule has 0 saturated carbocycles. The summed E-state index contributed by atoms with van der Waals surface area (Å²) in [7, 11) is 0. The first kappa shape index (κ1) is 33.4. The van der Waals surface area contributed by atoms with E-state index in [-0.39, 0.29) is 0 Å². The molecule has 0 unspecified atom stereocenters. The lowest BCUT2D eigenvalue weighted by molar-refractivity contribution is 0.669. The largest absolute Gasteiger partial charge is 0.456 e. The molecule has 0 amide bonds. The first-order chi connectivity index (χ1) is 30.7. The fourth-order valence-electron chi connectivity index (χ4n) is 10.0. The molecule has 0 fully saturated rings. The Balaban J connectivity index is 0.917. The summed E-state index contributed by atoms with van der Waals surface area (Å²) in [5.74, 6) is 1.88. The fourth-order valence-corrected chi connectivity index (χ4v) is 10.0. The SMILES string of the molecule is c1ccc2cc(-c3ccc(-c4nc(-c5ccc(-n6c7cccc8c7c7c9c(ccc%10oc%11cccc-8c%11c%109)ccc76)cc5)nc(-c5ccc6ccccc6c5)n4)cc3)ccc2c1. The Morgan fingerprint density at radius 2 is 0.823 bits per heavy atom. The molecule has 13 aromatic rings. The molecule has 14 rings (SSSR count). The molecule has 3 heterocycles. The molecule has 62 heavy (non-hydrogen) atoms. The van der Waals surface area contributed by atoms with E-state index in [1.807, 2.05) is 0 Å². The van der Waals surface area contributed by atoms with Gasteiger partial charge in [0.1, 0.15) is 11.2 Å². The maximum absolute atomic E-state index is 6.47. The minimum Gasteiger partial charge on any atom is -0.456 e. The van der Waals surface area contributed by atoms with Crippen molar-refractivity contribution in [1.82, 2.24) is 19.5 Å². The molecule has 5 heteroatoms. The molecule has 10 aromatic carbocycles. The molecule has 0 N–H and O–H groups in total. The number of furan rings is 1. The standard InChI is InChI=1S/C57H32N4O/c1-3-9-39-31-41(21-17-33(39)7-1)35-15-19-37(20-16-35)55-58-56(60-57(59-55)42-22-18-34-8-2-4-10-40(34)32-42)38-23-27-43(28-24-38)61-46-13-5-11-44-45-12-6-14-48-52(45)54-49(62-48)30-26-36-25-29-47(61)53(50(36)54)51(44)46/h1-32H. The number of rotatable bonds is 5. The lowest BCUT2D eigenvalue weighted by Crippen LogP contribution is -2.01. The zero-order chi connectivity index (χ0) is 40.5. The van der Waals surface area contributed by atoms with Crippen LogP contribution in [0.3, 0.4) is 0 Å². The van der Waals surface area contributed by atoms with E-state index in [4.69, 9.17) is 19.4 Å². The Morgan fingerprint density at radius 1 is 0.306 bits per heavy atom. The summed E-state index contributed by atoms with van der Waals surface area (Å²) < 4.78 is 8.87. The summed E-state index contributed by atoms with van der Waals surface area (Å²) in [5.41, 5.74) is 12.8. The highest BCUT2D eigenvalue weighted by molar-refractivity contribution is 6.37. The molecule has 0 atom stereocenters. The molecule has 0 aliphatic heterocycles. The Hall–Kier alpha value is -8.41. The molecule has 1 aliphatic carbocycles. The molecule has 1 aliphatic rings. The summed E-state index contributed by atoms with van der Waals surface area (Å²) in [5, 5.41) is 12.1. The first-order valence-electron chi connectivity index (χ1n) is 21.0. The third-order valence-electron chi connectivity index (χ3n) is 12.9. The van der Waals surface area contributed by atoms with E-state index in [2.05, 4.69) is 199 Å². The summed E-state index contributed by atoms with van der Waals surface area (Å²) in [6.07, 6.45) is 0. The monoisotopic (exact) mass is 788 g/mol. The van der Waals surface area contributed by atoms with Crippen LogP contribution in [0.15, 0.2) is 199 Å². The molecule has 3 aromatic heterocycles. The summed E-state index contributed by atoms with van der Waals surface area (Å²) in [6.45, 7) is 0. The van der Waals surface area contributed by atoms with E-state index in [1.54, 1.807) is 0 Å². The van der Waals surface area contributed by atoms with Crippen LogP contribution in [0.25, 0.3) is 138 Å². The van der Waals surface area contributed by atoms with Crippen LogP contribution in [-0.2, 0) is 0 Å². The van der Waals surface area contributed by atoms with Crippen molar-refractivity contribution in [2.45, 2.75) is 0 Å². The third-order valence-corrected chi connectivity index (χ3v) is 12.9. The van der Waals surface area contributed by atoms with Crippen LogP contribution in [0.2, 0.25) is 0 Å². The summed E-state index contributed by atoms with van der Waals surface area (Å²) in [6, 6.07) is 69.1. The van der Waals surface area contributed by atoms with Gasteiger partial charge in [-0.3, -0.25) is 0 Å². The first-order valence-corrected chi connectivity index (χ1v) is 21.0. The zero-order valence-electron chi connectivity index (χ0n) is 33.2. The van der Waals surface area contributed by atoms with Gasteiger partial charge in [-0.05, 0) is 110 Å². The van der Waals surface area contributed by atoms with Crippen LogP contribution in [0.1, 0.15) is 0 Å². The van der Waals surface area contributed by atoms with E-state index in [0.29, 0.717) is 17.5 Å². The second-order valence-electron chi connectivity index (χ2n) is 16.4. The maximum atomic E-state index is 6.47. The molecule has 0 saturated heterocycles. The van der Waals surface area contributed by atoms with E-state index < -0.39 is 0 Å². The van der Waals surface area contributed by atoms with Crippen molar-refractivity contribution in [3.05, 3.63) is 194 Å². The van der Waals surface area contributed by atoms with E-state index >= 15 is 0 Å². The van der Waals surface area contributed by atoms with Gasteiger partial charge in [0, 0.05) is 49.3 Å². The van der Waals surface area contributed by atoms with Crippen molar-refractivity contribution in [3.63, 3.8) is 0 Å². The summed E-state index contributed by atoms with van der Waals surface area (Å²) >= 11 is 0. The fraction of sp³-hybridized carbons (Fsp3) is 0. The Bertz CT molecular complexity index is 4030. The van der Waals surface area contributed by atoms with Gasteiger partial charge in [0.2, 0.25) is 0 Å². The van der Waals surface area contributed by atoms with Crippen LogP contribution < -0.4 is 0 Å². The van der Waals surface area contributed by atoms with Gasteiger partial charge in [-0.15, -0.1) is 0 Å². The Kier molecular flexibility index (Phi) is 6.77. The smallest absolute Gasteiger partial charge is 0.164 e. The van der Waals surface area contributed by atoms with Gasteiger partial charge >= 0.3 is 0 Å². The predicted molar refractivity (Wildman–Crippen MR) is 255 cm³/mol. The Labute approximate surface area is 354 Å². The third kappa shape index (κ3) is 4.82. The van der Waals surface area contributed by atoms with Crippen molar-refractivity contribution in [2.75, 3.05) is 0 Å². The molecule has 0 bridgehead atoms. The molecule has 286 valence electrons. The van der Waals surface area contributed by atoms with Gasteiger partial charge in [-0.25, -0.2) is 15.0 Å². The van der Waals surface area contributed by atoms with E-state index in [1.165, 1.54) is 70.7 Å². The number of hydrogen-bond acceptors (Lipinski definition) is 4. The van der Waals surface area contributed by atoms with Gasteiger partial charge in [0.25, 0.3) is 0 Å². The van der Waals surface area contributed by atoms with Crippen molar-refractivity contribution in [2.24, 2.45) is 0 Å². The van der Waals surface area contributed by atoms with E-state index in [9.17, 15) is 0 Å². The number of nitrogens with zero attached hydrogens (tertiary/aromatic N) is 4. The second kappa shape index (κ2) is 12.6. The second-order valence-corrected chi connectivity index (χ2v) is 16.4. The topological polar surface area (TPSA) is 56.7 Å². The minimum atomic E-state index is 0.621. The number of hydrogen-bond donors (Lipinski definition) is 0. The average molecular weight is 789 g/mol. The molecule has 0 radical (unpaired) electrons. The summed E-state index contributed by atoms with van der Waals surface area (Å²) in [4.78, 5) is 15.4. The van der Waals surface area contributed by atoms with Crippen LogP contribution >= 0.6 is 0 Å². The lowest BCUT2D eigenvalue weighted by Gasteiger charge is -2.12. The van der Waals surface area contributed by atoms with Gasteiger partial charge in [-0.2, -0.15) is 0 Å². The molecular weight excluding hydrogens is 757 g/mol. The van der Waals surface area contributed by atoms with Gasteiger partial charge in [-0.1, -0.05) is 133 Å². The van der Waals surface area contributed by atoms with Crippen molar-refractivity contribution >= 4 is 76.1 Å². The molecule has 5 nitrogen and oxygen atoms in total. The zero-order valence-corrected chi connectivity index (χ0v) is 33.2. The van der Waals surface area contributed by atoms with Gasteiger partial charge in [0.05, 0.1) is 11.0 Å². The normalized spacial score (nSPS) is 12.2.